The Labute approximate surface area is 193 Å². The molecule has 164 valence electrons. The standard InChI is InChI=1S/C22H37N5O.HI/c1-23-22(24-11-12-26(2)21-9-5-6-10-21)25-17-19-7-3-4-8-20(19)18-27-13-15-28-16-14-27;/h3-4,7-8,21H,5-6,9-18H2,1-2H3,(H2,23,24,25);1H. The van der Waals surface area contributed by atoms with Crippen molar-refractivity contribution in [1.29, 1.82) is 0 Å². The third-order valence-corrected chi connectivity index (χ3v) is 5.99. The van der Waals surface area contributed by atoms with Gasteiger partial charge in [-0.15, -0.1) is 24.0 Å². The minimum Gasteiger partial charge on any atom is -0.379 e. The molecule has 0 aromatic heterocycles. The number of halogens is 1. The molecule has 1 aliphatic heterocycles. The molecule has 0 amide bonds. The van der Waals surface area contributed by atoms with Crippen LogP contribution in [0.15, 0.2) is 29.3 Å². The topological polar surface area (TPSA) is 52.1 Å². The number of rotatable bonds is 8. The molecule has 0 spiro atoms. The van der Waals surface area contributed by atoms with E-state index in [1.165, 1.54) is 36.8 Å². The Kier molecular flexibility index (Phi) is 11.3. The van der Waals surface area contributed by atoms with E-state index >= 15 is 0 Å². The Bertz CT molecular complexity index is 615. The minimum atomic E-state index is 0. The fourth-order valence-corrected chi connectivity index (χ4v) is 4.16. The molecule has 2 N–H and O–H groups in total. The number of hydrogen-bond donors (Lipinski definition) is 2. The summed E-state index contributed by atoms with van der Waals surface area (Å²) >= 11 is 0. The monoisotopic (exact) mass is 515 g/mol. The molecule has 0 bridgehead atoms. The van der Waals surface area contributed by atoms with E-state index < -0.39 is 0 Å². The van der Waals surface area contributed by atoms with Crippen LogP contribution in [-0.4, -0.2) is 75.3 Å². The highest BCUT2D eigenvalue weighted by Crippen LogP contribution is 2.21. The molecule has 7 heteroatoms. The van der Waals surface area contributed by atoms with E-state index in [4.69, 9.17) is 4.74 Å². The van der Waals surface area contributed by atoms with E-state index in [0.717, 1.165) is 64.5 Å². The Morgan fingerprint density at radius 1 is 1.14 bits per heavy atom. The zero-order chi connectivity index (χ0) is 19.6. The molecule has 1 aliphatic carbocycles. The van der Waals surface area contributed by atoms with Crippen molar-refractivity contribution in [1.82, 2.24) is 20.4 Å². The molecule has 1 aromatic carbocycles. The highest BCUT2D eigenvalue weighted by molar-refractivity contribution is 14.0. The quantitative estimate of drug-likeness (QED) is 0.317. The number of aliphatic imine (C=N–C) groups is 1. The third-order valence-electron chi connectivity index (χ3n) is 5.99. The molecule has 0 unspecified atom stereocenters. The molecule has 2 aliphatic rings. The highest BCUT2D eigenvalue weighted by Gasteiger charge is 2.19. The first-order chi connectivity index (χ1) is 13.8. The lowest BCUT2D eigenvalue weighted by Crippen LogP contribution is -2.42. The van der Waals surface area contributed by atoms with Crippen molar-refractivity contribution < 1.29 is 4.74 Å². The summed E-state index contributed by atoms with van der Waals surface area (Å²) in [6.45, 7) is 7.46. The Balaban J connectivity index is 0.00000300. The van der Waals surface area contributed by atoms with Gasteiger partial charge in [0.1, 0.15) is 0 Å². The van der Waals surface area contributed by atoms with Crippen LogP contribution in [0.2, 0.25) is 0 Å². The maximum absolute atomic E-state index is 5.47. The first kappa shape index (κ1) is 24.4. The lowest BCUT2D eigenvalue weighted by molar-refractivity contribution is 0.0341. The number of nitrogens with one attached hydrogen (secondary N) is 2. The van der Waals surface area contributed by atoms with Crippen molar-refractivity contribution >= 4 is 29.9 Å². The first-order valence-corrected chi connectivity index (χ1v) is 10.8. The van der Waals surface area contributed by atoms with E-state index in [1.54, 1.807) is 0 Å². The van der Waals surface area contributed by atoms with Gasteiger partial charge in [-0.3, -0.25) is 9.89 Å². The summed E-state index contributed by atoms with van der Waals surface area (Å²) in [5.74, 6) is 0.876. The average molecular weight is 515 g/mol. The van der Waals surface area contributed by atoms with E-state index in [1.807, 2.05) is 7.05 Å². The fraction of sp³-hybridized carbons (Fsp3) is 0.682. The summed E-state index contributed by atoms with van der Waals surface area (Å²) in [5.41, 5.74) is 2.72. The number of ether oxygens (including phenoxy) is 1. The van der Waals surface area contributed by atoms with E-state index in [9.17, 15) is 0 Å². The van der Waals surface area contributed by atoms with Crippen molar-refractivity contribution in [2.24, 2.45) is 4.99 Å². The zero-order valence-corrected chi connectivity index (χ0v) is 20.4. The third kappa shape index (κ3) is 8.03. The van der Waals surface area contributed by atoms with E-state index in [0.29, 0.717) is 0 Å². The Hall–Kier alpha value is -0.900. The fourth-order valence-electron chi connectivity index (χ4n) is 4.16. The van der Waals surface area contributed by atoms with Crippen molar-refractivity contribution in [2.75, 3.05) is 53.5 Å². The van der Waals surface area contributed by atoms with Gasteiger partial charge in [-0.25, -0.2) is 0 Å². The van der Waals surface area contributed by atoms with Gasteiger partial charge in [-0.05, 0) is 31.0 Å². The smallest absolute Gasteiger partial charge is 0.191 e. The molecule has 0 radical (unpaired) electrons. The lowest BCUT2D eigenvalue weighted by Gasteiger charge is -2.27. The van der Waals surface area contributed by atoms with Crippen LogP contribution in [0.5, 0.6) is 0 Å². The average Bonchev–Trinajstić information content (AvgIpc) is 3.27. The summed E-state index contributed by atoms with van der Waals surface area (Å²) in [5, 5.41) is 6.95. The summed E-state index contributed by atoms with van der Waals surface area (Å²) in [4.78, 5) is 9.35. The van der Waals surface area contributed by atoms with Crippen LogP contribution in [0.4, 0.5) is 0 Å². The summed E-state index contributed by atoms with van der Waals surface area (Å²) in [7, 11) is 4.09. The van der Waals surface area contributed by atoms with Gasteiger partial charge >= 0.3 is 0 Å². The van der Waals surface area contributed by atoms with Gasteiger partial charge in [0.2, 0.25) is 0 Å². The lowest BCUT2D eigenvalue weighted by atomic mass is 10.1. The van der Waals surface area contributed by atoms with Crippen molar-refractivity contribution in [3.63, 3.8) is 0 Å². The normalized spacial score (nSPS) is 18.7. The Morgan fingerprint density at radius 2 is 1.83 bits per heavy atom. The summed E-state index contributed by atoms with van der Waals surface area (Å²) in [6.07, 6.45) is 5.47. The number of benzene rings is 1. The SMILES string of the molecule is CN=C(NCCN(C)C1CCCC1)NCc1ccccc1CN1CCOCC1.I. The minimum absolute atomic E-state index is 0. The van der Waals surface area contributed by atoms with Gasteiger partial charge in [-0.2, -0.15) is 0 Å². The second-order valence-electron chi connectivity index (χ2n) is 7.93. The van der Waals surface area contributed by atoms with Gasteiger partial charge in [0.15, 0.2) is 5.96 Å². The molecule has 1 saturated heterocycles. The number of nitrogens with zero attached hydrogens (tertiary/aromatic N) is 3. The van der Waals surface area contributed by atoms with Crippen LogP contribution in [0, 0.1) is 0 Å². The number of hydrogen-bond acceptors (Lipinski definition) is 4. The van der Waals surface area contributed by atoms with Gasteiger partial charge < -0.3 is 20.3 Å². The summed E-state index contributed by atoms with van der Waals surface area (Å²) < 4.78 is 5.47. The van der Waals surface area contributed by atoms with E-state index in [-0.39, 0.29) is 24.0 Å². The maximum atomic E-state index is 5.47. The van der Waals surface area contributed by atoms with Gasteiger partial charge in [0, 0.05) is 52.4 Å². The van der Waals surface area contributed by atoms with Crippen molar-refractivity contribution in [2.45, 2.75) is 44.8 Å². The van der Waals surface area contributed by atoms with E-state index in [2.05, 4.69) is 56.7 Å². The zero-order valence-electron chi connectivity index (χ0n) is 18.0. The van der Waals surface area contributed by atoms with Gasteiger partial charge in [0.05, 0.1) is 13.2 Å². The van der Waals surface area contributed by atoms with Crippen LogP contribution in [0.1, 0.15) is 36.8 Å². The molecule has 1 saturated carbocycles. The summed E-state index contributed by atoms with van der Waals surface area (Å²) in [6, 6.07) is 9.46. The molecular formula is C22H38IN5O. The molecule has 1 heterocycles. The van der Waals surface area contributed by atoms with Gasteiger partial charge in [0.25, 0.3) is 0 Å². The van der Waals surface area contributed by atoms with Crippen LogP contribution in [0.3, 0.4) is 0 Å². The molecule has 1 aromatic rings. The van der Waals surface area contributed by atoms with Crippen LogP contribution in [0.25, 0.3) is 0 Å². The maximum Gasteiger partial charge on any atom is 0.191 e. The molecule has 3 rings (SSSR count). The number of morpholine rings is 1. The molecule has 29 heavy (non-hydrogen) atoms. The molecule has 0 atom stereocenters. The second kappa shape index (κ2) is 13.4. The van der Waals surface area contributed by atoms with Gasteiger partial charge in [-0.1, -0.05) is 37.1 Å². The molecule has 2 fully saturated rings. The highest BCUT2D eigenvalue weighted by atomic mass is 127. The van der Waals surface area contributed by atoms with Crippen molar-refractivity contribution in [3.8, 4) is 0 Å². The first-order valence-electron chi connectivity index (χ1n) is 10.8. The van der Waals surface area contributed by atoms with Crippen LogP contribution in [-0.2, 0) is 17.8 Å². The predicted molar refractivity (Wildman–Crippen MR) is 131 cm³/mol. The van der Waals surface area contributed by atoms with Crippen LogP contribution >= 0.6 is 24.0 Å². The molecular weight excluding hydrogens is 477 g/mol. The number of guanidine groups is 1. The second-order valence-corrected chi connectivity index (χ2v) is 7.93. The van der Waals surface area contributed by atoms with Crippen LogP contribution < -0.4 is 10.6 Å². The Morgan fingerprint density at radius 3 is 2.52 bits per heavy atom. The van der Waals surface area contributed by atoms with Crippen molar-refractivity contribution in [3.05, 3.63) is 35.4 Å². The predicted octanol–water partition coefficient (Wildman–Crippen LogP) is 2.68. The largest absolute Gasteiger partial charge is 0.379 e. The molecule has 6 nitrogen and oxygen atoms in total. The number of likely N-dealkylation sites (N-methyl/N-ethyl adjacent to an activating group) is 1.